The summed E-state index contributed by atoms with van der Waals surface area (Å²) in [4.78, 5) is 60.5. The summed E-state index contributed by atoms with van der Waals surface area (Å²) < 4.78 is 38.2. The van der Waals surface area contributed by atoms with Crippen LogP contribution < -0.4 is 15.7 Å². The molecule has 1 saturated heterocycles. The SMILES string of the molecule is CCOC(=O)CC(SCCNC(=O)CCNC(=O)[C@@H]1OP(=O)(N[C@@H](C)C(=O)OC)OCC1(C)C)C(=O)OCC. The molecule has 2 unspecified atom stereocenters. The number of hydrogen-bond donors (Lipinski definition) is 3. The van der Waals surface area contributed by atoms with Crippen molar-refractivity contribution in [3.63, 3.8) is 0 Å². The van der Waals surface area contributed by atoms with Crippen molar-refractivity contribution in [1.29, 1.82) is 0 Å². The lowest BCUT2D eigenvalue weighted by Gasteiger charge is -2.40. The molecule has 1 heterocycles. The highest BCUT2D eigenvalue weighted by atomic mass is 32.2. The molecule has 1 rings (SSSR count). The topological polar surface area (TPSA) is 185 Å². The number of thioether (sulfide) groups is 1. The van der Waals surface area contributed by atoms with E-state index in [1.165, 1.54) is 25.8 Å². The smallest absolute Gasteiger partial charge is 0.407 e. The van der Waals surface area contributed by atoms with E-state index in [1.54, 1.807) is 27.7 Å². The molecule has 0 saturated carbocycles. The highest BCUT2D eigenvalue weighted by Gasteiger charge is 2.48. The summed E-state index contributed by atoms with van der Waals surface area (Å²) in [5.41, 5.74) is -0.841. The Kier molecular flexibility index (Phi) is 15.0. The van der Waals surface area contributed by atoms with Crippen LogP contribution in [0.3, 0.4) is 0 Å². The second-order valence-electron chi connectivity index (χ2n) is 9.13. The van der Waals surface area contributed by atoms with E-state index in [1.807, 2.05) is 0 Å². The van der Waals surface area contributed by atoms with Gasteiger partial charge in [0.05, 0.1) is 33.4 Å². The Hall–Kier alpha value is -2.19. The third-order valence-corrected chi connectivity index (χ3v) is 8.17. The van der Waals surface area contributed by atoms with Gasteiger partial charge in [-0.05, 0) is 20.8 Å². The van der Waals surface area contributed by atoms with Crippen LogP contribution >= 0.6 is 19.5 Å². The van der Waals surface area contributed by atoms with Gasteiger partial charge in [0.15, 0.2) is 6.10 Å². The summed E-state index contributed by atoms with van der Waals surface area (Å²) in [6.45, 7) is 8.65. The molecule has 224 valence electrons. The molecule has 2 amide bonds. The van der Waals surface area contributed by atoms with Gasteiger partial charge in [-0.1, -0.05) is 13.8 Å². The van der Waals surface area contributed by atoms with Crippen LogP contribution in [-0.4, -0.2) is 92.9 Å². The van der Waals surface area contributed by atoms with Gasteiger partial charge in [-0.15, -0.1) is 11.8 Å². The lowest BCUT2D eigenvalue weighted by molar-refractivity contribution is -0.149. The number of esters is 3. The minimum Gasteiger partial charge on any atom is -0.468 e. The van der Waals surface area contributed by atoms with Crippen molar-refractivity contribution >= 4 is 49.2 Å². The standard InChI is InChI=1S/C23H40N3O11PS/c1-7-34-18(28)13-16(22(31)35-8-2)39-12-11-24-17(27)9-10-25-20(29)19-23(4,5)14-36-38(32,37-19)26-15(3)21(30)33-6/h15-16,19H,7-14H2,1-6H3,(H,24,27)(H,25,29)(H,26,32)/t15-,16?,19-,38?/m0/s1. The summed E-state index contributed by atoms with van der Waals surface area (Å²) in [5, 5.41) is 6.97. The van der Waals surface area contributed by atoms with E-state index in [2.05, 4.69) is 20.5 Å². The van der Waals surface area contributed by atoms with Gasteiger partial charge in [0, 0.05) is 30.7 Å². The summed E-state index contributed by atoms with van der Waals surface area (Å²) in [6, 6.07) is -0.995. The van der Waals surface area contributed by atoms with Crippen LogP contribution in [0.5, 0.6) is 0 Å². The zero-order valence-corrected chi connectivity index (χ0v) is 24.9. The van der Waals surface area contributed by atoms with E-state index in [0.717, 1.165) is 0 Å². The molecule has 3 N–H and O–H groups in total. The van der Waals surface area contributed by atoms with Crippen LogP contribution in [0.2, 0.25) is 0 Å². The largest absolute Gasteiger partial charge is 0.468 e. The average Bonchev–Trinajstić information content (AvgIpc) is 2.87. The van der Waals surface area contributed by atoms with Crippen molar-refractivity contribution in [2.75, 3.05) is 45.8 Å². The Balaban J connectivity index is 2.50. The van der Waals surface area contributed by atoms with Crippen LogP contribution in [0.4, 0.5) is 0 Å². The number of hydrogen-bond acceptors (Lipinski definition) is 12. The van der Waals surface area contributed by atoms with Gasteiger partial charge in [0.2, 0.25) is 11.8 Å². The summed E-state index contributed by atoms with van der Waals surface area (Å²) in [7, 11) is -2.80. The van der Waals surface area contributed by atoms with Gasteiger partial charge in [0.25, 0.3) is 0 Å². The first-order valence-electron chi connectivity index (χ1n) is 12.5. The average molecular weight is 598 g/mol. The first-order valence-corrected chi connectivity index (χ1v) is 15.1. The number of nitrogens with one attached hydrogen (secondary N) is 3. The van der Waals surface area contributed by atoms with Crippen LogP contribution in [-0.2, 0) is 51.8 Å². The fourth-order valence-electron chi connectivity index (χ4n) is 3.26. The van der Waals surface area contributed by atoms with E-state index in [0.29, 0.717) is 5.75 Å². The van der Waals surface area contributed by atoms with E-state index < -0.39 is 54.4 Å². The second kappa shape index (κ2) is 16.8. The third-order valence-electron chi connectivity index (χ3n) is 5.31. The number of methoxy groups -OCH3 is 1. The maximum absolute atomic E-state index is 12.9. The first-order chi connectivity index (χ1) is 18.3. The number of ether oxygens (including phenoxy) is 3. The molecular weight excluding hydrogens is 557 g/mol. The molecule has 1 fully saturated rings. The molecule has 0 bridgehead atoms. The molecule has 14 nitrogen and oxygen atoms in total. The Morgan fingerprint density at radius 1 is 1.05 bits per heavy atom. The third kappa shape index (κ3) is 12.2. The fraction of sp³-hybridized carbons (Fsp3) is 0.783. The maximum Gasteiger partial charge on any atom is 0.407 e. The van der Waals surface area contributed by atoms with Gasteiger partial charge in [0.1, 0.15) is 11.3 Å². The molecule has 0 aromatic heterocycles. The van der Waals surface area contributed by atoms with Crippen molar-refractivity contribution in [3.05, 3.63) is 0 Å². The first kappa shape index (κ1) is 34.8. The normalized spacial score (nSPS) is 21.6. The van der Waals surface area contributed by atoms with Crippen LogP contribution in [0.25, 0.3) is 0 Å². The van der Waals surface area contributed by atoms with E-state index in [9.17, 15) is 28.5 Å². The predicted molar refractivity (Wildman–Crippen MR) is 142 cm³/mol. The van der Waals surface area contributed by atoms with E-state index in [4.69, 9.17) is 18.5 Å². The van der Waals surface area contributed by atoms with Crippen LogP contribution in [0, 0.1) is 5.41 Å². The van der Waals surface area contributed by atoms with E-state index >= 15 is 0 Å². The van der Waals surface area contributed by atoms with E-state index in [-0.39, 0.29) is 51.7 Å². The lowest BCUT2D eigenvalue weighted by Crippen LogP contribution is -2.51. The number of carbonyl (C=O) groups is 5. The van der Waals surface area contributed by atoms with Crippen LogP contribution in [0.15, 0.2) is 0 Å². The molecule has 0 aromatic rings. The monoisotopic (exact) mass is 597 g/mol. The van der Waals surface area contributed by atoms with Crippen molar-refractivity contribution in [2.45, 2.75) is 64.9 Å². The predicted octanol–water partition coefficient (Wildman–Crippen LogP) is 0.928. The molecule has 0 radical (unpaired) electrons. The Labute approximate surface area is 232 Å². The van der Waals surface area contributed by atoms with Gasteiger partial charge < -0.3 is 24.8 Å². The molecule has 1 aliphatic rings. The molecule has 16 heteroatoms. The van der Waals surface area contributed by atoms with Gasteiger partial charge >= 0.3 is 25.7 Å². The maximum atomic E-state index is 12.9. The molecule has 39 heavy (non-hydrogen) atoms. The number of carbonyl (C=O) groups excluding carboxylic acids is 5. The molecular formula is C23H40N3O11PS. The Morgan fingerprint density at radius 2 is 1.72 bits per heavy atom. The highest BCUT2D eigenvalue weighted by molar-refractivity contribution is 8.00. The molecule has 4 atom stereocenters. The van der Waals surface area contributed by atoms with Crippen LogP contribution in [0.1, 0.15) is 47.5 Å². The zero-order chi connectivity index (χ0) is 29.6. The summed E-state index contributed by atoms with van der Waals surface area (Å²) >= 11 is 1.17. The zero-order valence-electron chi connectivity index (χ0n) is 23.2. The lowest BCUT2D eigenvalue weighted by atomic mass is 9.87. The molecule has 0 aromatic carbocycles. The number of amides is 2. The fourth-order valence-corrected chi connectivity index (χ4v) is 6.16. The summed E-state index contributed by atoms with van der Waals surface area (Å²) in [5.74, 6) is -2.30. The second-order valence-corrected chi connectivity index (χ2v) is 12.2. The minimum atomic E-state index is -3.98. The quantitative estimate of drug-likeness (QED) is 0.0989. The highest BCUT2D eigenvalue weighted by Crippen LogP contribution is 2.53. The van der Waals surface area contributed by atoms with Gasteiger partial charge in [-0.2, -0.15) is 0 Å². The molecule has 0 spiro atoms. The number of rotatable bonds is 16. The van der Waals surface area contributed by atoms with Crippen molar-refractivity contribution in [2.24, 2.45) is 5.41 Å². The van der Waals surface area contributed by atoms with Crippen molar-refractivity contribution in [3.8, 4) is 0 Å². The summed E-state index contributed by atoms with van der Waals surface area (Å²) in [6.07, 6.45) is -1.35. The molecule has 0 aliphatic carbocycles. The van der Waals surface area contributed by atoms with Crippen molar-refractivity contribution < 1.29 is 51.8 Å². The van der Waals surface area contributed by atoms with Gasteiger partial charge in [-0.3, -0.25) is 33.0 Å². The van der Waals surface area contributed by atoms with Crippen molar-refractivity contribution in [1.82, 2.24) is 15.7 Å². The minimum absolute atomic E-state index is 0.0147. The Bertz CT molecular complexity index is 918. The van der Waals surface area contributed by atoms with Gasteiger partial charge in [-0.25, -0.2) is 9.65 Å². The Morgan fingerprint density at radius 3 is 2.33 bits per heavy atom. The molecule has 1 aliphatic heterocycles.